The van der Waals surface area contributed by atoms with Crippen LogP contribution in [-0.4, -0.2) is 23.1 Å². The molecule has 4 heteroatoms. The van der Waals surface area contributed by atoms with Crippen LogP contribution in [0, 0.1) is 0 Å². The van der Waals surface area contributed by atoms with Crippen LogP contribution in [-0.2, 0) is 4.79 Å². The molecule has 0 aliphatic carbocycles. The van der Waals surface area contributed by atoms with E-state index in [9.17, 15) is 4.79 Å². The maximum atomic E-state index is 11.7. The second kappa shape index (κ2) is 4.40. The Morgan fingerprint density at radius 3 is 3.13 bits per heavy atom. The molecule has 0 aromatic carbocycles. The Morgan fingerprint density at radius 2 is 2.53 bits per heavy atom. The summed E-state index contributed by atoms with van der Waals surface area (Å²) >= 11 is 1.61. The molecule has 78 valence electrons. The molecule has 1 aromatic rings. The van der Waals surface area contributed by atoms with E-state index in [1.54, 1.807) is 41.1 Å². The van der Waals surface area contributed by atoms with Crippen LogP contribution in [0.5, 0.6) is 0 Å². The van der Waals surface area contributed by atoms with Crippen LogP contribution in [0.4, 0.5) is 0 Å². The first-order valence-electron chi connectivity index (χ1n) is 4.62. The normalized spacial score (nSPS) is 16.5. The summed E-state index contributed by atoms with van der Waals surface area (Å²) < 4.78 is 5.09. The van der Waals surface area contributed by atoms with Gasteiger partial charge in [-0.05, 0) is 18.2 Å². The Kier molecular flexibility index (Phi) is 2.97. The summed E-state index contributed by atoms with van der Waals surface area (Å²) in [5.41, 5.74) is 0. The van der Waals surface area contributed by atoms with E-state index >= 15 is 0 Å². The second-order valence-electron chi connectivity index (χ2n) is 3.08. The van der Waals surface area contributed by atoms with E-state index in [1.807, 2.05) is 0 Å². The molecule has 0 radical (unpaired) electrons. The van der Waals surface area contributed by atoms with Crippen LogP contribution in [0.25, 0.3) is 6.08 Å². The van der Waals surface area contributed by atoms with Crippen LogP contribution in [0.15, 0.2) is 40.5 Å². The maximum absolute atomic E-state index is 11.7. The van der Waals surface area contributed by atoms with Gasteiger partial charge >= 0.3 is 0 Å². The minimum Gasteiger partial charge on any atom is -0.465 e. The van der Waals surface area contributed by atoms with Gasteiger partial charge in [-0.1, -0.05) is 6.58 Å². The SMILES string of the molecule is C=C1SCCN1C(=O)/C=C/c1ccco1. The molecule has 1 aliphatic rings. The van der Waals surface area contributed by atoms with Crippen LogP contribution in [0.2, 0.25) is 0 Å². The Balaban J connectivity index is 2.00. The third-order valence-corrected chi connectivity index (χ3v) is 3.02. The molecule has 2 rings (SSSR count). The average Bonchev–Trinajstić information content (AvgIpc) is 2.84. The third kappa shape index (κ3) is 2.33. The monoisotopic (exact) mass is 221 g/mol. The molecule has 1 aromatic heterocycles. The molecule has 0 unspecified atom stereocenters. The van der Waals surface area contributed by atoms with Crippen molar-refractivity contribution < 1.29 is 9.21 Å². The largest absolute Gasteiger partial charge is 0.465 e. The zero-order valence-electron chi connectivity index (χ0n) is 8.18. The van der Waals surface area contributed by atoms with Gasteiger partial charge < -0.3 is 9.32 Å². The smallest absolute Gasteiger partial charge is 0.251 e. The first kappa shape index (κ1) is 10.1. The molecule has 3 nitrogen and oxygen atoms in total. The first-order valence-corrected chi connectivity index (χ1v) is 5.61. The maximum Gasteiger partial charge on any atom is 0.251 e. The minimum atomic E-state index is -0.0404. The zero-order valence-corrected chi connectivity index (χ0v) is 9.00. The molecular weight excluding hydrogens is 210 g/mol. The number of furan rings is 1. The van der Waals surface area contributed by atoms with Crippen LogP contribution in [0.1, 0.15) is 5.76 Å². The van der Waals surface area contributed by atoms with Crippen LogP contribution >= 0.6 is 11.8 Å². The molecule has 0 atom stereocenters. The second-order valence-corrected chi connectivity index (χ2v) is 4.25. The van der Waals surface area contributed by atoms with Gasteiger partial charge in [0.2, 0.25) is 0 Å². The molecule has 15 heavy (non-hydrogen) atoms. The highest BCUT2D eigenvalue weighted by molar-refractivity contribution is 8.03. The summed E-state index contributed by atoms with van der Waals surface area (Å²) in [4.78, 5) is 13.3. The van der Waals surface area contributed by atoms with Crippen molar-refractivity contribution in [1.29, 1.82) is 0 Å². The lowest BCUT2D eigenvalue weighted by Gasteiger charge is -2.12. The predicted molar refractivity (Wildman–Crippen MR) is 61.1 cm³/mol. The Bertz CT molecular complexity index is 395. The highest BCUT2D eigenvalue weighted by atomic mass is 32.2. The predicted octanol–water partition coefficient (Wildman–Crippen LogP) is 2.34. The number of amides is 1. The molecule has 1 saturated heterocycles. The van der Waals surface area contributed by atoms with Gasteiger partial charge in [0, 0.05) is 18.4 Å². The Hall–Kier alpha value is -1.42. The lowest BCUT2D eigenvalue weighted by atomic mass is 10.3. The van der Waals surface area contributed by atoms with Gasteiger partial charge in [0.05, 0.1) is 11.3 Å². The van der Waals surface area contributed by atoms with Crippen molar-refractivity contribution in [2.75, 3.05) is 12.3 Å². The number of rotatable bonds is 2. The van der Waals surface area contributed by atoms with Crippen LogP contribution < -0.4 is 0 Å². The van der Waals surface area contributed by atoms with Gasteiger partial charge in [-0.15, -0.1) is 11.8 Å². The highest BCUT2D eigenvalue weighted by Crippen LogP contribution is 2.25. The number of thioether (sulfide) groups is 1. The fourth-order valence-electron chi connectivity index (χ4n) is 1.32. The molecule has 0 saturated carbocycles. The van der Waals surface area contributed by atoms with Gasteiger partial charge in [-0.3, -0.25) is 4.79 Å². The topological polar surface area (TPSA) is 33.5 Å². The third-order valence-electron chi connectivity index (χ3n) is 2.08. The Labute approximate surface area is 92.4 Å². The molecule has 1 fully saturated rings. The van der Waals surface area contributed by atoms with Crippen molar-refractivity contribution in [3.63, 3.8) is 0 Å². The zero-order chi connectivity index (χ0) is 10.7. The van der Waals surface area contributed by atoms with E-state index in [0.29, 0.717) is 5.76 Å². The molecule has 0 bridgehead atoms. The van der Waals surface area contributed by atoms with E-state index in [1.165, 1.54) is 6.08 Å². The first-order chi connectivity index (χ1) is 7.27. The number of hydrogen-bond donors (Lipinski definition) is 0. The summed E-state index contributed by atoms with van der Waals surface area (Å²) in [5, 5.41) is 0.823. The van der Waals surface area contributed by atoms with Gasteiger partial charge in [0.1, 0.15) is 5.76 Å². The molecule has 1 amide bonds. The van der Waals surface area contributed by atoms with Crippen LogP contribution in [0.3, 0.4) is 0 Å². The van der Waals surface area contributed by atoms with Crippen molar-refractivity contribution in [3.8, 4) is 0 Å². The molecule has 0 spiro atoms. The van der Waals surface area contributed by atoms with Crippen molar-refractivity contribution >= 4 is 23.7 Å². The van der Waals surface area contributed by atoms with E-state index in [-0.39, 0.29) is 5.91 Å². The standard InChI is InChI=1S/C11H11NO2S/c1-9-12(6-8-15-9)11(13)5-4-10-3-2-7-14-10/h2-5,7H,1,6,8H2/b5-4+. The fraction of sp³-hybridized carbons (Fsp3) is 0.182. The number of nitrogens with zero attached hydrogens (tertiary/aromatic N) is 1. The average molecular weight is 221 g/mol. The summed E-state index contributed by atoms with van der Waals surface area (Å²) in [7, 11) is 0. The fourth-order valence-corrected chi connectivity index (χ4v) is 2.17. The summed E-state index contributed by atoms with van der Waals surface area (Å²) in [6, 6.07) is 3.59. The molecule has 0 N–H and O–H groups in total. The van der Waals surface area contributed by atoms with Crippen molar-refractivity contribution in [2.45, 2.75) is 0 Å². The van der Waals surface area contributed by atoms with Gasteiger partial charge in [0.25, 0.3) is 5.91 Å². The van der Waals surface area contributed by atoms with Gasteiger partial charge in [0.15, 0.2) is 0 Å². The quantitative estimate of drug-likeness (QED) is 0.719. The van der Waals surface area contributed by atoms with E-state index < -0.39 is 0 Å². The lowest BCUT2D eigenvalue weighted by molar-refractivity contribution is -0.123. The van der Waals surface area contributed by atoms with Crippen molar-refractivity contribution in [1.82, 2.24) is 4.90 Å². The number of hydrogen-bond acceptors (Lipinski definition) is 3. The van der Waals surface area contributed by atoms with Gasteiger partial charge in [-0.2, -0.15) is 0 Å². The van der Waals surface area contributed by atoms with E-state index in [0.717, 1.165) is 17.3 Å². The summed E-state index contributed by atoms with van der Waals surface area (Å²) in [6.45, 7) is 4.55. The van der Waals surface area contributed by atoms with Crippen molar-refractivity contribution in [2.24, 2.45) is 0 Å². The highest BCUT2D eigenvalue weighted by Gasteiger charge is 2.20. The Morgan fingerprint density at radius 1 is 1.67 bits per heavy atom. The number of carbonyl (C=O) groups excluding carboxylic acids is 1. The number of carbonyl (C=O) groups is 1. The molecular formula is C11H11NO2S. The molecule has 2 heterocycles. The summed E-state index contributed by atoms with van der Waals surface area (Å²) in [6.07, 6.45) is 4.75. The molecule has 1 aliphatic heterocycles. The van der Waals surface area contributed by atoms with Gasteiger partial charge in [-0.25, -0.2) is 0 Å². The van der Waals surface area contributed by atoms with E-state index in [4.69, 9.17) is 4.42 Å². The lowest BCUT2D eigenvalue weighted by Crippen LogP contribution is -2.24. The van der Waals surface area contributed by atoms with Crippen molar-refractivity contribution in [3.05, 3.63) is 41.8 Å². The summed E-state index contributed by atoms with van der Waals surface area (Å²) in [5.74, 6) is 1.57. The van der Waals surface area contributed by atoms with E-state index in [2.05, 4.69) is 6.58 Å². The minimum absolute atomic E-state index is 0.0404.